The number of nitrogens with one attached hydrogen (secondary N) is 1. The lowest BCUT2D eigenvalue weighted by Crippen LogP contribution is -2.49. The molecule has 3 rings (SSSR count). The molecule has 6 heteroatoms. The van der Waals surface area contributed by atoms with Crippen LogP contribution in [-0.4, -0.2) is 35.3 Å². The quantitative estimate of drug-likeness (QED) is 0.907. The number of furan rings is 1. The van der Waals surface area contributed by atoms with E-state index in [1.807, 2.05) is 6.07 Å². The molecule has 1 saturated heterocycles. The Labute approximate surface area is 145 Å². The predicted molar refractivity (Wildman–Crippen MR) is 90.5 cm³/mol. The van der Waals surface area contributed by atoms with Gasteiger partial charge in [-0.25, -0.2) is 4.39 Å². The van der Waals surface area contributed by atoms with Crippen molar-refractivity contribution in [3.05, 3.63) is 59.8 Å². The number of carbonyl (C=O) groups is 2. The summed E-state index contributed by atoms with van der Waals surface area (Å²) >= 11 is 0. The van der Waals surface area contributed by atoms with Gasteiger partial charge < -0.3 is 14.6 Å². The lowest BCUT2D eigenvalue weighted by Gasteiger charge is -2.28. The fourth-order valence-electron chi connectivity index (χ4n) is 3.26. The minimum Gasteiger partial charge on any atom is -0.472 e. The van der Waals surface area contributed by atoms with E-state index in [1.165, 1.54) is 24.7 Å². The lowest BCUT2D eigenvalue weighted by atomic mass is 10.0. The van der Waals surface area contributed by atoms with E-state index in [0.29, 0.717) is 18.5 Å². The van der Waals surface area contributed by atoms with E-state index in [4.69, 9.17) is 4.42 Å². The second kappa shape index (κ2) is 7.51. The Morgan fingerprint density at radius 1 is 1.40 bits per heavy atom. The highest BCUT2D eigenvalue weighted by Crippen LogP contribution is 2.22. The summed E-state index contributed by atoms with van der Waals surface area (Å²) in [6.45, 7) is 2.34. The average Bonchev–Trinajstić information content (AvgIpc) is 3.26. The van der Waals surface area contributed by atoms with Gasteiger partial charge in [0.15, 0.2) is 0 Å². The highest BCUT2D eigenvalue weighted by molar-refractivity contribution is 5.97. The molecule has 2 aromatic rings. The number of halogens is 1. The minimum atomic E-state index is -0.629. The van der Waals surface area contributed by atoms with Crippen LogP contribution in [0.1, 0.15) is 35.7 Å². The predicted octanol–water partition coefficient (Wildman–Crippen LogP) is 2.77. The van der Waals surface area contributed by atoms with E-state index < -0.39 is 6.04 Å². The second-order valence-electron chi connectivity index (χ2n) is 6.37. The molecule has 1 fully saturated rings. The Hall–Kier alpha value is -2.63. The van der Waals surface area contributed by atoms with Crippen LogP contribution in [0.15, 0.2) is 47.3 Å². The normalized spacial score (nSPS) is 18.2. The summed E-state index contributed by atoms with van der Waals surface area (Å²) in [5, 5.41) is 2.70. The largest absolute Gasteiger partial charge is 0.472 e. The van der Waals surface area contributed by atoms with E-state index in [0.717, 1.165) is 18.4 Å². The van der Waals surface area contributed by atoms with E-state index in [1.54, 1.807) is 24.0 Å². The number of hydrogen-bond acceptors (Lipinski definition) is 3. The Morgan fingerprint density at radius 3 is 2.96 bits per heavy atom. The molecule has 1 aliphatic heterocycles. The highest BCUT2D eigenvalue weighted by atomic mass is 19.1. The molecule has 0 bridgehead atoms. The van der Waals surface area contributed by atoms with Gasteiger partial charge in [0.05, 0.1) is 11.8 Å². The fourth-order valence-corrected chi connectivity index (χ4v) is 3.26. The molecule has 5 nitrogen and oxygen atoms in total. The van der Waals surface area contributed by atoms with Crippen molar-refractivity contribution < 1.29 is 18.4 Å². The molecular formula is C19H21FN2O3. The van der Waals surface area contributed by atoms with Crippen molar-refractivity contribution in [1.82, 2.24) is 10.2 Å². The van der Waals surface area contributed by atoms with Crippen LogP contribution in [0.25, 0.3) is 0 Å². The van der Waals surface area contributed by atoms with Gasteiger partial charge in [-0.15, -0.1) is 0 Å². The molecule has 0 spiro atoms. The van der Waals surface area contributed by atoms with Crippen LogP contribution in [0.2, 0.25) is 0 Å². The van der Waals surface area contributed by atoms with Gasteiger partial charge >= 0.3 is 0 Å². The molecule has 1 aromatic carbocycles. The molecule has 0 aliphatic carbocycles. The third kappa shape index (κ3) is 4.07. The third-order valence-corrected chi connectivity index (χ3v) is 4.52. The topological polar surface area (TPSA) is 62.6 Å². The molecule has 1 aromatic heterocycles. The van der Waals surface area contributed by atoms with Crippen molar-refractivity contribution in [2.45, 2.75) is 38.3 Å². The molecule has 1 aliphatic rings. The summed E-state index contributed by atoms with van der Waals surface area (Å²) in [5.74, 6) is -0.722. The Bertz CT molecular complexity index is 745. The first-order valence-electron chi connectivity index (χ1n) is 8.42. The molecule has 1 N–H and O–H groups in total. The number of carbonyl (C=O) groups excluding carboxylic acids is 2. The summed E-state index contributed by atoms with van der Waals surface area (Å²) in [6, 6.07) is 7.42. The van der Waals surface area contributed by atoms with Crippen molar-refractivity contribution >= 4 is 11.8 Å². The van der Waals surface area contributed by atoms with Gasteiger partial charge in [0.1, 0.15) is 18.1 Å². The smallest absolute Gasteiger partial charge is 0.255 e. The second-order valence-corrected chi connectivity index (χ2v) is 6.37. The summed E-state index contributed by atoms with van der Waals surface area (Å²) in [6.07, 6.45) is 5.16. The van der Waals surface area contributed by atoms with Crippen molar-refractivity contribution in [3.63, 3.8) is 0 Å². The van der Waals surface area contributed by atoms with Gasteiger partial charge in [0.25, 0.3) is 5.91 Å². The maximum atomic E-state index is 13.4. The molecule has 2 amide bonds. The zero-order chi connectivity index (χ0) is 17.8. The van der Waals surface area contributed by atoms with Gasteiger partial charge in [0, 0.05) is 12.6 Å². The van der Waals surface area contributed by atoms with E-state index >= 15 is 0 Å². The van der Waals surface area contributed by atoms with Gasteiger partial charge in [-0.3, -0.25) is 9.59 Å². The van der Waals surface area contributed by atoms with Gasteiger partial charge in [-0.05, 0) is 49.9 Å². The molecule has 132 valence electrons. The molecule has 0 radical (unpaired) electrons. The van der Waals surface area contributed by atoms with Crippen LogP contribution in [0.4, 0.5) is 4.39 Å². The van der Waals surface area contributed by atoms with E-state index in [-0.39, 0.29) is 23.7 Å². The first-order chi connectivity index (χ1) is 12.0. The zero-order valence-electron chi connectivity index (χ0n) is 14.1. The molecule has 2 atom stereocenters. The standard InChI is InChI=1S/C19H21FN2O3/c1-13(21-18(23)15-7-9-25-12-15)19(24)22-8-3-6-17(22)11-14-4-2-5-16(20)10-14/h2,4-5,7,9-10,12-13,17H,3,6,8,11H2,1H3,(H,21,23)/t13-,17-/m0/s1. The Balaban J connectivity index is 1.62. The Morgan fingerprint density at radius 2 is 2.24 bits per heavy atom. The van der Waals surface area contributed by atoms with Crippen molar-refractivity contribution in [1.29, 1.82) is 0 Å². The first kappa shape index (κ1) is 17.2. The Kier molecular flexibility index (Phi) is 5.16. The average molecular weight is 344 g/mol. The number of likely N-dealkylation sites (tertiary alicyclic amines) is 1. The van der Waals surface area contributed by atoms with Crippen LogP contribution in [-0.2, 0) is 11.2 Å². The number of amides is 2. The van der Waals surface area contributed by atoms with Crippen LogP contribution in [0, 0.1) is 5.82 Å². The monoisotopic (exact) mass is 344 g/mol. The maximum absolute atomic E-state index is 13.4. The summed E-state index contributed by atoms with van der Waals surface area (Å²) in [4.78, 5) is 26.6. The van der Waals surface area contributed by atoms with Gasteiger partial charge in [-0.1, -0.05) is 12.1 Å². The van der Waals surface area contributed by atoms with Crippen LogP contribution < -0.4 is 5.32 Å². The van der Waals surface area contributed by atoms with Crippen LogP contribution in [0.5, 0.6) is 0 Å². The first-order valence-corrected chi connectivity index (χ1v) is 8.42. The molecule has 25 heavy (non-hydrogen) atoms. The number of nitrogens with zero attached hydrogens (tertiary/aromatic N) is 1. The number of hydrogen-bond donors (Lipinski definition) is 1. The molecule has 0 unspecified atom stereocenters. The van der Waals surface area contributed by atoms with Gasteiger partial charge in [-0.2, -0.15) is 0 Å². The maximum Gasteiger partial charge on any atom is 0.255 e. The summed E-state index contributed by atoms with van der Waals surface area (Å²) < 4.78 is 18.3. The van der Waals surface area contributed by atoms with Crippen molar-refractivity contribution in [2.24, 2.45) is 0 Å². The molecular weight excluding hydrogens is 323 g/mol. The van der Waals surface area contributed by atoms with Crippen LogP contribution >= 0.6 is 0 Å². The van der Waals surface area contributed by atoms with Gasteiger partial charge in [0.2, 0.25) is 5.91 Å². The van der Waals surface area contributed by atoms with Crippen molar-refractivity contribution in [2.75, 3.05) is 6.54 Å². The highest BCUT2D eigenvalue weighted by Gasteiger charge is 2.32. The van der Waals surface area contributed by atoms with Crippen molar-refractivity contribution in [3.8, 4) is 0 Å². The number of benzene rings is 1. The molecule has 0 saturated carbocycles. The summed E-state index contributed by atoms with van der Waals surface area (Å²) in [7, 11) is 0. The zero-order valence-corrected chi connectivity index (χ0v) is 14.1. The van der Waals surface area contributed by atoms with E-state index in [2.05, 4.69) is 5.32 Å². The SMILES string of the molecule is C[C@H](NC(=O)c1ccoc1)C(=O)N1CCC[C@H]1Cc1cccc(F)c1. The minimum absolute atomic E-state index is 0.0302. The van der Waals surface area contributed by atoms with Crippen LogP contribution in [0.3, 0.4) is 0 Å². The molecule has 2 heterocycles. The third-order valence-electron chi connectivity index (χ3n) is 4.52. The lowest BCUT2D eigenvalue weighted by molar-refractivity contribution is -0.133. The van der Waals surface area contributed by atoms with E-state index in [9.17, 15) is 14.0 Å². The summed E-state index contributed by atoms with van der Waals surface area (Å²) in [5.41, 5.74) is 1.26. The number of rotatable bonds is 5. The fraction of sp³-hybridized carbons (Fsp3) is 0.368.